The zero-order chi connectivity index (χ0) is 17.7. The molecule has 24 heavy (non-hydrogen) atoms. The van der Waals surface area contributed by atoms with E-state index in [1.165, 1.54) is 6.92 Å². The Labute approximate surface area is 147 Å². The number of anilines is 2. The summed E-state index contributed by atoms with van der Waals surface area (Å²) in [6, 6.07) is 12.8. The van der Waals surface area contributed by atoms with Crippen LogP contribution in [0.1, 0.15) is 24.5 Å². The first-order valence-electron chi connectivity index (χ1n) is 7.78. The fourth-order valence-corrected chi connectivity index (χ4v) is 2.67. The molecule has 2 aromatic carbocycles. The summed E-state index contributed by atoms with van der Waals surface area (Å²) in [7, 11) is 0. The Kier molecular flexibility index (Phi) is 5.99. The van der Waals surface area contributed by atoms with E-state index in [1.54, 1.807) is 29.2 Å². The molecule has 0 aliphatic rings. The lowest BCUT2D eigenvalue weighted by Gasteiger charge is -2.23. The number of hydrogen-bond donors (Lipinski definition) is 1. The normalized spacial score (nSPS) is 10.3. The van der Waals surface area contributed by atoms with Crippen LogP contribution in [0.3, 0.4) is 0 Å². The summed E-state index contributed by atoms with van der Waals surface area (Å²) < 4.78 is 0. The first-order valence-corrected chi connectivity index (χ1v) is 8.16. The molecule has 0 bridgehead atoms. The molecule has 0 saturated carbocycles. The van der Waals surface area contributed by atoms with Crippen molar-refractivity contribution >= 4 is 34.8 Å². The molecule has 126 valence electrons. The second-order valence-corrected chi connectivity index (χ2v) is 6.13. The number of carbonyl (C=O) groups is 2. The number of rotatable bonds is 5. The molecule has 0 aliphatic heterocycles. The summed E-state index contributed by atoms with van der Waals surface area (Å²) in [6.07, 6.45) is 0.208. The number of benzene rings is 2. The fraction of sp³-hybridized carbons (Fsp3) is 0.263. The molecular formula is C19H21ClN2O2. The molecule has 0 radical (unpaired) electrons. The van der Waals surface area contributed by atoms with Crippen LogP contribution in [0.4, 0.5) is 11.4 Å². The molecule has 0 atom stereocenters. The second-order valence-electron chi connectivity index (χ2n) is 5.70. The van der Waals surface area contributed by atoms with Gasteiger partial charge in [0.2, 0.25) is 11.8 Å². The van der Waals surface area contributed by atoms with Gasteiger partial charge in [-0.3, -0.25) is 9.59 Å². The third-order valence-corrected chi connectivity index (χ3v) is 4.15. The topological polar surface area (TPSA) is 49.4 Å². The lowest BCUT2D eigenvalue weighted by atomic mass is 10.1. The molecule has 0 saturated heterocycles. The number of carbonyl (C=O) groups excluding carboxylic acids is 2. The Hall–Kier alpha value is -2.33. The van der Waals surface area contributed by atoms with Gasteiger partial charge in [-0.15, -0.1) is 0 Å². The lowest BCUT2D eigenvalue weighted by Crippen LogP contribution is -2.32. The Morgan fingerprint density at radius 1 is 1.12 bits per heavy atom. The van der Waals surface area contributed by atoms with Gasteiger partial charge in [0.15, 0.2) is 0 Å². The molecule has 4 nitrogen and oxygen atoms in total. The summed E-state index contributed by atoms with van der Waals surface area (Å²) in [4.78, 5) is 25.8. The molecular weight excluding hydrogens is 324 g/mol. The highest BCUT2D eigenvalue weighted by atomic mass is 35.5. The van der Waals surface area contributed by atoms with Crippen molar-refractivity contribution in [3.05, 3.63) is 58.6 Å². The van der Waals surface area contributed by atoms with Crippen molar-refractivity contribution in [1.82, 2.24) is 0 Å². The minimum atomic E-state index is -0.158. The van der Waals surface area contributed by atoms with E-state index < -0.39 is 0 Å². The molecule has 2 rings (SSSR count). The van der Waals surface area contributed by atoms with Gasteiger partial charge in [-0.1, -0.05) is 29.8 Å². The van der Waals surface area contributed by atoms with Crippen LogP contribution >= 0.6 is 11.6 Å². The second kappa shape index (κ2) is 7.97. The van der Waals surface area contributed by atoms with E-state index in [9.17, 15) is 9.59 Å². The van der Waals surface area contributed by atoms with Crippen LogP contribution in [-0.4, -0.2) is 18.4 Å². The maximum Gasteiger partial charge on any atom is 0.226 e. The lowest BCUT2D eigenvalue weighted by molar-refractivity contribution is -0.117. The van der Waals surface area contributed by atoms with Gasteiger partial charge < -0.3 is 10.2 Å². The van der Waals surface area contributed by atoms with Gasteiger partial charge >= 0.3 is 0 Å². The highest BCUT2D eigenvalue weighted by molar-refractivity contribution is 6.30. The quantitative estimate of drug-likeness (QED) is 0.877. The standard InChI is InChI=1S/C19H21ClN2O2/c1-13-6-4-9-18(14(13)2)22(15(3)23)11-10-19(24)21-17-8-5-7-16(20)12-17/h4-9,12H,10-11H2,1-3H3,(H,21,24). The SMILES string of the molecule is CC(=O)N(CCC(=O)Nc1cccc(Cl)c1)c1cccc(C)c1C. The number of hydrogen-bond acceptors (Lipinski definition) is 2. The molecule has 1 N–H and O–H groups in total. The maximum atomic E-state index is 12.1. The zero-order valence-electron chi connectivity index (χ0n) is 14.1. The highest BCUT2D eigenvalue weighted by Crippen LogP contribution is 2.23. The molecule has 2 amide bonds. The number of nitrogens with zero attached hydrogens (tertiary/aromatic N) is 1. The summed E-state index contributed by atoms with van der Waals surface area (Å²) in [6.45, 7) is 5.82. The van der Waals surface area contributed by atoms with Crippen LogP contribution in [0.5, 0.6) is 0 Å². The van der Waals surface area contributed by atoms with Crippen molar-refractivity contribution in [1.29, 1.82) is 0 Å². The average Bonchev–Trinajstić information content (AvgIpc) is 2.51. The van der Waals surface area contributed by atoms with Gasteiger partial charge in [-0.25, -0.2) is 0 Å². The van der Waals surface area contributed by atoms with E-state index in [2.05, 4.69) is 5.32 Å². The molecule has 0 aliphatic carbocycles. The smallest absolute Gasteiger partial charge is 0.226 e. The van der Waals surface area contributed by atoms with Gasteiger partial charge in [-0.05, 0) is 49.2 Å². The van der Waals surface area contributed by atoms with E-state index in [-0.39, 0.29) is 18.2 Å². The third-order valence-electron chi connectivity index (χ3n) is 3.92. The van der Waals surface area contributed by atoms with Gasteiger partial charge in [0.05, 0.1) is 0 Å². The van der Waals surface area contributed by atoms with Crippen molar-refractivity contribution in [2.45, 2.75) is 27.2 Å². The summed E-state index contributed by atoms with van der Waals surface area (Å²) in [5.41, 5.74) is 3.65. The first-order chi connectivity index (χ1) is 11.4. The van der Waals surface area contributed by atoms with Crippen LogP contribution in [0.15, 0.2) is 42.5 Å². The van der Waals surface area contributed by atoms with E-state index >= 15 is 0 Å². The largest absolute Gasteiger partial charge is 0.326 e. The van der Waals surface area contributed by atoms with Gasteiger partial charge in [0, 0.05) is 36.3 Å². The molecule has 0 spiro atoms. The van der Waals surface area contributed by atoms with Gasteiger partial charge in [0.25, 0.3) is 0 Å². The Balaban J connectivity index is 2.05. The van der Waals surface area contributed by atoms with Crippen LogP contribution in [0.2, 0.25) is 5.02 Å². The molecule has 0 heterocycles. The molecule has 2 aromatic rings. The Morgan fingerprint density at radius 3 is 2.50 bits per heavy atom. The van der Waals surface area contributed by atoms with Crippen molar-refractivity contribution in [3.63, 3.8) is 0 Å². The van der Waals surface area contributed by atoms with Gasteiger partial charge in [0.1, 0.15) is 0 Å². The maximum absolute atomic E-state index is 12.1. The van der Waals surface area contributed by atoms with Crippen molar-refractivity contribution < 1.29 is 9.59 Å². The number of nitrogens with one attached hydrogen (secondary N) is 1. The first kappa shape index (κ1) is 18.0. The number of amides is 2. The van der Waals surface area contributed by atoms with Crippen LogP contribution in [-0.2, 0) is 9.59 Å². The monoisotopic (exact) mass is 344 g/mol. The van der Waals surface area contributed by atoms with Crippen LogP contribution in [0.25, 0.3) is 0 Å². The van der Waals surface area contributed by atoms with Gasteiger partial charge in [-0.2, -0.15) is 0 Å². The molecule has 0 fully saturated rings. The Bertz CT molecular complexity index is 759. The fourth-order valence-electron chi connectivity index (χ4n) is 2.48. The predicted molar refractivity (Wildman–Crippen MR) is 98.6 cm³/mol. The third kappa shape index (κ3) is 4.59. The molecule has 0 unspecified atom stereocenters. The number of aryl methyl sites for hydroxylation is 1. The minimum Gasteiger partial charge on any atom is -0.326 e. The van der Waals surface area contributed by atoms with E-state index in [0.717, 1.165) is 16.8 Å². The molecule has 5 heteroatoms. The number of halogens is 1. The van der Waals surface area contributed by atoms with Crippen molar-refractivity contribution in [2.75, 3.05) is 16.8 Å². The van der Waals surface area contributed by atoms with Crippen molar-refractivity contribution in [2.24, 2.45) is 0 Å². The van der Waals surface area contributed by atoms with E-state index in [4.69, 9.17) is 11.6 Å². The minimum absolute atomic E-state index is 0.0840. The summed E-state index contributed by atoms with van der Waals surface area (Å²) in [5, 5.41) is 3.36. The van der Waals surface area contributed by atoms with Crippen LogP contribution < -0.4 is 10.2 Å². The summed E-state index contributed by atoms with van der Waals surface area (Å²) in [5.74, 6) is -0.243. The highest BCUT2D eigenvalue weighted by Gasteiger charge is 2.16. The van der Waals surface area contributed by atoms with E-state index in [0.29, 0.717) is 17.3 Å². The van der Waals surface area contributed by atoms with Crippen LogP contribution in [0, 0.1) is 13.8 Å². The zero-order valence-corrected chi connectivity index (χ0v) is 14.9. The van der Waals surface area contributed by atoms with E-state index in [1.807, 2.05) is 32.0 Å². The average molecular weight is 345 g/mol. The predicted octanol–water partition coefficient (Wildman–Crippen LogP) is 4.34. The molecule has 0 aromatic heterocycles. The Morgan fingerprint density at radius 2 is 1.83 bits per heavy atom. The summed E-state index contributed by atoms with van der Waals surface area (Å²) >= 11 is 5.91. The van der Waals surface area contributed by atoms with Crippen molar-refractivity contribution in [3.8, 4) is 0 Å².